The molecule has 1 aromatic carbocycles. The van der Waals surface area contributed by atoms with E-state index in [0.29, 0.717) is 24.6 Å². The van der Waals surface area contributed by atoms with Gasteiger partial charge in [-0.05, 0) is 30.3 Å². The van der Waals surface area contributed by atoms with Crippen molar-refractivity contribution < 1.29 is 22.7 Å². The number of pyridine rings is 1. The van der Waals surface area contributed by atoms with E-state index in [-0.39, 0.29) is 23.8 Å². The second kappa shape index (κ2) is 7.14. The van der Waals surface area contributed by atoms with Gasteiger partial charge in [-0.3, -0.25) is 9.78 Å². The van der Waals surface area contributed by atoms with Crippen LogP contribution in [0.15, 0.2) is 53.2 Å². The Hall–Kier alpha value is -3.29. The summed E-state index contributed by atoms with van der Waals surface area (Å²) in [6, 6.07) is 9.42. The van der Waals surface area contributed by atoms with Crippen LogP contribution in [0.25, 0.3) is 11.5 Å². The van der Waals surface area contributed by atoms with Gasteiger partial charge in [-0.15, -0.1) is 0 Å². The molecule has 8 heteroatoms. The Kier molecular flexibility index (Phi) is 4.53. The van der Waals surface area contributed by atoms with Crippen molar-refractivity contribution in [2.24, 2.45) is 0 Å². The molecule has 27 heavy (non-hydrogen) atoms. The highest BCUT2D eigenvalue weighted by Gasteiger charge is 2.26. The van der Waals surface area contributed by atoms with Crippen molar-refractivity contribution in [2.45, 2.75) is 19.6 Å². The minimum Gasteiger partial charge on any atom is -0.441 e. The highest BCUT2D eigenvalue weighted by Crippen LogP contribution is 2.27. The van der Waals surface area contributed by atoms with Crippen LogP contribution in [0.1, 0.15) is 21.8 Å². The summed E-state index contributed by atoms with van der Waals surface area (Å²) < 4.78 is 34.9. The van der Waals surface area contributed by atoms with Crippen molar-refractivity contribution in [3.05, 3.63) is 65.8 Å². The normalized spacial score (nSPS) is 13.5. The first-order chi connectivity index (χ1) is 13.1. The summed E-state index contributed by atoms with van der Waals surface area (Å²) in [5.74, 6) is 0.891. The predicted molar refractivity (Wildman–Crippen MR) is 91.3 cm³/mol. The second-order valence-electron chi connectivity index (χ2n) is 6.01. The molecule has 1 aliphatic heterocycles. The van der Waals surface area contributed by atoms with Gasteiger partial charge in [0.2, 0.25) is 5.89 Å². The highest BCUT2D eigenvalue weighted by atomic mass is 19.3. The number of ether oxygens (including phenoxy) is 1. The Balaban J connectivity index is 1.53. The number of amides is 1. The van der Waals surface area contributed by atoms with E-state index < -0.39 is 6.61 Å². The van der Waals surface area contributed by atoms with Crippen molar-refractivity contribution in [3.63, 3.8) is 0 Å². The Morgan fingerprint density at radius 1 is 1.26 bits per heavy atom. The van der Waals surface area contributed by atoms with E-state index in [1.54, 1.807) is 29.4 Å². The number of alkyl halides is 2. The van der Waals surface area contributed by atoms with Crippen molar-refractivity contribution in [2.75, 3.05) is 6.54 Å². The molecule has 1 amide bonds. The zero-order chi connectivity index (χ0) is 18.8. The number of fused-ring (bicyclic) bond motifs is 1. The fraction of sp³-hybridized carbons (Fsp3) is 0.211. The van der Waals surface area contributed by atoms with Gasteiger partial charge in [0, 0.05) is 30.9 Å². The molecule has 0 N–H and O–H groups in total. The Morgan fingerprint density at radius 3 is 2.93 bits per heavy atom. The number of hydrogen-bond donors (Lipinski definition) is 0. The zero-order valence-electron chi connectivity index (χ0n) is 14.1. The largest absolute Gasteiger partial charge is 0.441 e. The van der Waals surface area contributed by atoms with Crippen LogP contribution in [-0.2, 0) is 13.0 Å². The second-order valence-corrected chi connectivity index (χ2v) is 6.01. The SMILES string of the molecule is O=C(c1cccc(OC(F)F)c1)N1CCc2oc(-c3cccnc3)nc2C1. The molecule has 0 saturated carbocycles. The zero-order valence-corrected chi connectivity index (χ0v) is 14.1. The first-order valence-corrected chi connectivity index (χ1v) is 8.33. The maximum atomic E-state index is 12.7. The molecule has 0 atom stereocenters. The van der Waals surface area contributed by atoms with Gasteiger partial charge in [-0.25, -0.2) is 4.98 Å². The third kappa shape index (κ3) is 3.64. The van der Waals surface area contributed by atoms with Crippen molar-refractivity contribution in [1.82, 2.24) is 14.9 Å². The van der Waals surface area contributed by atoms with Crippen molar-refractivity contribution >= 4 is 5.91 Å². The maximum Gasteiger partial charge on any atom is 0.387 e. The van der Waals surface area contributed by atoms with Crippen molar-refractivity contribution in [1.29, 1.82) is 0 Å². The van der Waals surface area contributed by atoms with Crippen molar-refractivity contribution in [3.8, 4) is 17.2 Å². The van der Waals surface area contributed by atoms with Gasteiger partial charge >= 0.3 is 6.61 Å². The lowest BCUT2D eigenvalue weighted by Crippen LogP contribution is -2.35. The molecule has 0 radical (unpaired) electrons. The van der Waals surface area contributed by atoms with Gasteiger partial charge in [-0.2, -0.15) is 8.78 Å². The number of nitrogens with zero attached hydrogens (tertiary/aromatic N) is 3. The third-order valence-corrected chi connectivity index (χ3v) is 4.23. The van der Waals surface area contributed by atoms with Crippen LogP contribution < -0.4 is 4.74 Å². The minimum atomic E-state index is -2.94. The quantitative estimate of drug-likeness (QED) is 0.702. The summed E-state index contributed by atoms with van der Waals surface area (Å²) in [5.41, 5.74) is 1.74. The third-order valence-electron chi connectivity index (χ3n) is 4.23. The van der Waals surface area contributed by atoms with Crippen LogP contribution in [0.3, 0.4) is 0 Å². The minimum absolute atomic E-state index is 0.0474. The fourth-order valence-electron chi connectivity index (χ4n) is 2.97. The molecule has 0 saturated heterocycles. The van der Waals surface area contributed by atoms with Crippen LogP contribution in [0.5, 0.6) is 5.75 Å². The molecular weight excluding hydrogens is 356 g/mol. The van der Waals surface area contributed by atoms with Crippen LogP contribution in [-0.4, -0.2) is 33.9 Å². The van der Waals surface area contributed by atoms with Crippen LogP contribution in [0.4, 0.5) is 8.78 Å². The summed E-state index contributed by atoms with van der Waals surface area (Å²) in [6.07, 6.45) is 3.86. The Bertz CT molecular complexity index is 960. The van der Waals surface area contributed by atoms with E-state index in [9.17, 15) is 13.6 Å². The van der Waals surface area contributed by atoms with Gasteiger partial charge in [0.15, 0.2) is 0 Å². The first kappa shape index (κ1) is 17.1. The maximum absolute atomic E-state index is 12.7. The molecule has 3 heterocycles. The summed E-state index contributed by atoms with van der Waals surface area (Å²) >= 11 is 0. The standard InChI is InChI=1S/C19H15F2N3O3/c20-19(21)26-14-5-1-3-12(9-14)18(25)24-8-6-16-15(11-24)23-17(27-16)13-4-2-7-22-10-13/h1-5,7,9-10,19H,6,8,11H2. The molecule has 3 aromatic rings. The Labute approximate surface area is 153 Å². The Morgan fingerprint density at radius 2 is 2.15 bits per heavy atom. The van der Waals surface area contributed by atoms with Gasteiger partial charge in [0.1, 0.15) is 17.2 Å². The number of hydrogen-bond acceptors (Lipinski definition) is 5. The van der Waals surface area contributed by atoms with E-state index in [1.807, 2.05) is 6.07 Å². The van der Waals surface area contributed by atoms with Gasteiger partial charge in [-0.1, -0.05) is 6.07 Å². The van der Waals surface area contributed by atoms with Crippen LogP contribution >= 0.6 is 0 Å². The molecule has 0 fully saturated rings. The van der Waals surface area contributed by atoms with Crippen LogP contribution in [0, 0.1) is 0 Å². The summed E-state index contributed by atoms with van der Waals surface area (Å²) in [7, 11) is 0. The average molecular weight is 371 g/mol. The number of carbonyl (C=O) groups excluding carboxylic acids is 1. The monoisotopic (exact) mass is 371 g/mol. The number of aromatic nitrogens is 2. The fourth-order valence-corrected chi connectivity index (χ4v) is 2.97. The number of benzene rings is 1. The van der Waals surface area contributed by atoms with Gasteiger partial charge in [0.25, 0.3) is 5.91 Å². The molecular formula is C19H15F2N3O3. The molecule has 0 unspecified atom stereocenters. The number of rotatable bonds is 4. The molecule has 0 spiro atoms. The molecule has 2 aromatic heterocycles. The molecule has 4 rings (SSSR count). The van der Waals surface area contributed by atoms with Gasteiger partial charge in [0.05, 0.1) is 12.1 Å². The molecule has 1 aliphatic rings. The lowest BCUT2D eigenvalue weighted by atomic mass is 10.1. The molecule has 0 aliphatic carbocycles. The molecule has 138 valence electrons. The number of oxazole rings is 1. The lowest BCUT2D eigenvalue weighted by Gasteiger charge is -2.25. The number of carbonyl (C=O) groups is 1. The average Bonchev–Trinajstić information content (AvgIpc) is 3.11. The summed E-state index contributed by atoms with van der Waals surface area (Å²) in [4.78, 5) is 22.9. The van der Waals surface area contributed by atoms with E-state index in [1.165, 1.54) is 18.2 Å². The first-order valence-electron chi connectivity index (χ1n) is 8.33. The predicted octanol–water partition coefficient (Wildman–Crippen LogP) is 3.54. The van der Waals surface area contributed by atoms with E-state index in [2.05, 4.69) is 14.7 Å². The summed E-state index contributed by atoms with van der Waals surface area (Å²) in [5, 5.41) is 0. The van der Waals surface area contributed by atoms with Crippen LogP contribution in [0.2, 0.25) is 0 Å². The van der Waals surface area contributed by atoms with Gasteiger partial charge < -0.3 is 14.1 Å². The smallest absolute Gasteiger partial charge is 0.387 e. The van der Waals surface area contributed by atoms with E-state index in [0.717, 1.165) is 11.3 Å². The van der Waals surface area contributed by atoms with E-state index in [4.69, 9.17) is 4.42 Å². The summed E-state index contributed by atoms with van der Waals surface area (Å²) in [6.45, 7) is -2.19. The molecule has 0 bridgehead atoms. The topological polar surface area (TPSA) is 68.5 Å². The highest BCUT2D eigenvalue weighted by molar-refractivity contribution is 5.94. The lowest BCUT2D eigenvalue weighted by molar-refractivity contribution is -0.0499. The molecule has 6 nitrogen and oxygen atoms in total. The van der Waals surface area contributed by atoms with E-state index >= 15 is 0 Å². The number of halogens is 2.